The van der Waals surface area contributed by atoms with Gasteiger partial charge in [0.25, 0.3) is 10.0 Å². The van der Waals surface area contributed by atoms with Crippen molar-refractivity contribution in [2.45, 2.75) is 17.6 Å². The molecule has 108 valence electrons. The predicted octanol–water partition coefficient (Wildman–Crippen LogP) is 1.29. The number of nitrogens with zero attached hydrogens (tertiary/aromatic N) is 3. The van der Waals surface area contributed by atoms with Crippen LogP contribution in [0.15, 0.2) is 28.7 Å². The Hall–Kier alpha value is -1.51. The van der Waals surface area contributed by atoms with Crippen LogP contribution >= 0.6 is 11.3 Å². The van der Waals surface area contributed by atoms with Gasteiger partial charge in [-0.3, -0.25) is 4.98 Å². The Morgan fingerprint density at radius 3 is 2.55 bits per heavy atom. The van der Waals surface area contributed by atoms with E-state index < -0.39 is 10.0 Å². The zero-order valence-electron chi connectivity index (χ0n) is 11.3. The molecule has 2 aromatic rings. The highest BCUT2D eigenvalue weighted by atomic mass is 32.2. The van der Waals surface area contributed by atoms with Crippen LogP contribution < -0.4 is 5.73 Å². The van der Waals surface area contributed by atoms with E-state index in [2.05, 4.69) is 9.97 Å². The second-order valence-electron chi connectivity index (χ2n) is 4.36. The zero-order chi connectivity index (χ0) is 14.8. The van der Waals surface area contributed by atoms with Gasteiger partial charge in [-0.2, -0.15) is 4.31 Å². The summed E-state index contributed by atoms with van der Waals surface area (Å²) in [5.74, 6) is 0. The Morgan fingerprint density at radius 2 is 2.00 bits per heavy atom. The molecule has 2 heterocycles. The first-order chi connectivity index (χ1) is 9.41. The Balaban J connectivity index is 2.12. The van der Waals surface area contributed by atoms with Crippen LogP contribution in [0.25, 0.3) is 0 Å². The van der Waals surface area contributed by atoms with Gasteiger partial charge in [-0.1, -0.05) is 11.3 Å². The summed E-state index contributed by atoms with van der Waals surface area (Å²) in [5.41, 5.74) is 7.05. The molecule has 0 saturated heterocycles. The fraction of sp³-hybridized carbons (Fsp3) is 0.333. The normalized spacial score (nSPS) is 11.9. The second kappa shape index (κ2) is 5.86. The Kier molecular flexibility index (Phi) is 4.36. The molecule has 0 aliphatic carbocycles. The highest BCUT2D eigenvalue weighted by Gasteiger charge is 2.25. The van der Waals surface area contributed by atoms with Gasteiger partial charge in [0.1, 0.15) is 0 Å². The van der Waals surface area contributed by atoms with Crippen LogP contribution in [0.1, 0.15) is 11.3 Å². The van der Waals surface area contributed by atoms with Crippen LogP contribution in [-0.2, 0) is 16.4 Å². The van der Waals surface area contributed by atoms with Gasteiger partial charge in [0.2, 0.25) is 0 Å². The highest BCUT2D eigenvalue weighted by Crippen LogP contribution is 2.27. The van der Waals surface area contributed by atoms with Crippen molar-refractivity contribution in [3.63, 3.8) is 0 Å². The molecule has 0 aromatic carbocycles. The third kappa shape index (κ3) is 3.14. The summed E-state index contributed by atoms with van der Waals surface area (Å²) in [6.07, 6.45) is 4.02. The first-order valence-electron chi connectivity index (χ1n) is 5.99. The van der Waals surface area contributed by atoms with Crippen molar-refractivity contribution < 1.29 is 8.42 Å². The third-order valence-corrected chi connectivity index (χ3v) is 6.31. The Labute approximate surface area is 122 Å². The molecule has 0 amide bonds. The van der Waals surface area contributed by atoms with Gasteiger partial charge in [-0.25, -0.2) is 13.4 Å². The Bertz CT molecular complexity index is 683. The van der Waals surface area contributed by atoms with Crippen molar-refractivity contribution in [3.8, 4) is 0 Å². The number of anilines is 1. The van der Waals surface area contributed by atoms with Gasteiger partial charge in [-0.15, -0.1) is 0 Å². The second-order valence-corrected chi connectivity index (χ2v) is 7.63. The van der Waals surface area contributed by atoms with Gasteiger partial charge in [0, 0.05) is 26.0 Å². The summed E-state index contributed by atoms with van der Waals surface area (Å²) in [7, 11) is -1.96. The number of aromatic nitrogens is 2. The molecule has 0 saturated carbocycles. The third-order valence-electron chi connectivity index (χ3n) is 2.88. The summed E-state index contributed by atoms with van der Waals surface area (Å²) < 4.78 is 26.4. The molecular formula is C12H16N4O2S2. The predicted molar refractivity (Wildman–Crippen MR) is 79.0 cm³/mol. The zero-order valence-corrected chi connectivity index (χ0v) is 12.9. The summed E-state index contributed by atoms with van der Waals surface area (Å²) >= 11 is 0.998. The molecule has 0 bridgehead atoms. The van der Waals surface area contributed by atoms with Gasteiger partial charge in [0.15, 0.2) is 9.34 Å². The van der Waals surface area contributed by atoms with E-state index >= 15 is 0 Å². The fourth-order valence-electron chi connectivity index (χ4n) is 1.74. The number of nitrogens with two attached hydrogens (primary N) is 1. The lowest BCUT2D eigenvalue weighted by Crippen LogP contribution is -2.28. The molecule has 0 unspecified atom stereocenters. The number of sulfonamides is 1. The summed E-state index contributed by atoms with van der Waals surface area (Å²) in [6, 6.07) is 3.74. The van der Waals surface area contributed by atoms with Crippen molar-refractivity contribution in [1.29, 1.82) is 0 Å². The standard InChI is InChI=1S/C12H16N4O2S2/c1-9-11(19-12(13)15-9)20(17,18)16(2)8-5-10-3-6-14-7-4-10/h3-4,6-7H,5,8H2,1-2H3,(H2,13,15). The maximum Gasteiger partial charge on any atom is 0.254 e. The number of hydrogen-bond acceptors (Lipinski definition) is 6. The number of nitrogen functional groups attached to an aromatic ring is 1. The van der Waals surface area contributed by atoms with E-state index in [9.17, 15) is 8.42 Å². The quantitative estimate of drug-likeness (QED) is 0.898. The van der Waals surface area contributed by atoms with Crippen molar-refractivity contribution in [2.24, 2.45) is 0 Å². The minimum Gasteiger partial charge on any atom is -0.375 e. The Morgan fingerprint density at radius 1 is 1.35 bits per heavy atom. The molecule has 8 heteroatoms. The first kappa shape index (κ1) is 14.9. The SMILES string of the molecule is Cc1nc(N)sc1S(=O)(=O)N(C)CCc1ccncc1. The number of aryl methyl sites for hydroxylation is 1. The van der Waals surface area contributed by atoms with Crippen molar-refractivity contribution in [3.05, 3.63) is 35.8 Å². The number of pyridine rings is 1. The monoisotopic (exact) mass is 312 g/mol. The van der Waals surface area contributed by atoms with Crippen LogP contribution in [0, 0.1) is 6.92 Å². The molecule has 0 aliphatic rings. The molecule has 0 fully saturated rings. The number of hydrogen-bond donors (Lipinski definition) is 1. The average molecular weight is 312 g/mol. The van der Waals surface area contributed by atoms with Crippen LogP contribution in [-0.4, -0.2) is 36.3 Å². The van der Waals surface area contributed by atoms with Crippen LogP contribution in [0.2, 0.25) is 0 Å². The van der Waals surface area contributed by atoms with E-state index in [-0.39, 0.29) is 9.34 Å². The van der Waals surface area contributed by atoms with E-state index in [1.165, 1.54) is 4.31 Å². The van der Waals surface area contributed by atoms with Gasteiger partial charge >= 0.3 is 0 Å². The molecule has 0 atom stereocenters. The van der Waals surface area contributed by atoms with Crippen LogP contribution in [0.3, 0.4) is 0 Å². The minimum atomic E-state index is -3.53. The molecule has 20 heavy (non-hydrogen) atoms. The summed E-state index contributed by atoms with van der Waals surface area (Å²) in [5, 5.41) is 0.267. The van der Waals surface area contributed by atoms with Crippen molar-refractivity contribution in [2.75, 3.05) is 19.3 Å². The largest absolute Gasteiger partial charge is 0.375 e. The van der Waals surface area contributed by atoms with Crippen molar-refractivity contribution in [1.82, 2.24) is 14.3 Å². The fourth-order valence-corrected chi connectivity index (χ4v) is 4.40. The van der Waals surface area contributed by atoms with Gasteiger partial charge in [0.05, 0.1) is 5.69 Å². The lowest BCUT2D eigenvalue weighted by Gasteiger charge is -2.16. The molecule has 0 aliphatic heterocycles. The number of likely N-dealkylation sites (N-methyl/N-ethyl adjacent to an activating group) is 1. The molecule has 0 spiro atoms. The first-order valence-corrected chi connectivity index (χ1v) is 8.25. The topological polar surface area (TPSA) is 89.2 Å². The molecule has 6 nitrogen and oxygen atoms in total. The van der Waals surface area contributed by atoms with Crippen LogP contribution in [0.5, 0.6) is 0 Å². The van der Waals surface area contributed by atoms with Gasteiger partial charge in [-0.05, 0) is 31.0 Å². The smallest absolute Gasteiger partial charge is 0.254 e. The molecular weight excluding hydrogens is 296 g/mol. The van der Waals surface area contributed by atoms with E-state index in [1.54, 1.807) is 26.4 Å². The maximum atomic E-state index is 12.4. The van der Waals surface area contributed by atoms with E-state index in [0.717, 1.165) is 16.9 Å². The number of thiazole rings is 1. The molecule has 2 rings (SSSR count). The summed E-state index contributed by atoms with van der Waals surface area (Å²) in [6.45, 7) is 2.04. The molecule has 0 radical (unpaired) electrons. The summed E-state index contributed by atoms with van der Waals surface area (Å²) in [4.78, 5) is 7.89. The van der Waals surface area contributed by atoms with Crippen LogP contribution in [0.4, 0.5) is 5.13 Å². The minimum absolute atomic E-state index is 0.215. The average Bonchev–Trinajstić information content (AvgIpc) is 2.77. The van der Waals surface area contributed by atoms with E-state index in [0.29, 0.717) is 18.7 Å². The molecule has 2 N–H and O–H groups in total. The van der Waals surface area contributed by atoms with Crippen molar-refractivity contribution >= 4 is 26.5 Å². The lowest BCUT2D eigenvalue weighted by molar-refractivity contribution is 0.473. The van der Waals surface area contributed by atoms with E-state index in [1.807, 2.05) is 12.1 Å². The maximum absolute atomic E-state index is 12.4. The number of rotatable bonds is 5. The molecule has 2 aromatic heterocycles. The highest BCUT2D eigenvalue weighted by molar-refractivity contribution is 7.91. The lowest BCUT2D eigenvalue weighted by atomic mass is 10.2. The van der Waals surface area contributed by atoms with Gasteiger partial charge < -0.3 is 5.73 Å². The van der Waals surface area contributed by atoms with E-state index in [4.69, 9.17) is 5.73 Å².